The molecule has 0 aromatic carbocycles. The van der Waals surface area contributed by atoms with Gasteiger partial charge in [0.2, 0.25) is 0 Å². The third-order valence-electron chi connectivity index (χ3n) is 2.44. The summed E-state index contributed by atoms with van der Waals surface area (Å²) >= 11 is 1.59. The first-order valence-corrected chi connectivity index (χ1v) is 7.00. The van der Waals surface area contributed by atoms with Crippen molar-refractivity contribution in [1.29, 1.82) is 0 Å². The summed E-state index contributed by atoms with van der Waals surface area (Å²) in [7, 11) is 0. The second-order valence-corrected chi connectivity index (χ2v) is 6.28. The van der Waals surface area contributed by atoms with Crippen LogP contribution in [0.2, 0.25) is 0 Å². The minimum absolute atomic E-state index is 0.0902. The lowest BCUT2D eigenvalue weighted by atomic mass is 10.1. The Labute approximate surface area is 112 Å². The Kier molecular flexibility index (Phi) is 5.78. The minimum atomic E-state index is -0.773. The number of carbonyl (C=O) groups is 1. The molecule has 1 heterocycles. The van der Waals surface area contributed by atoms with Crippen LogP contribution in [0.5, 0.6) is 0 Å². The Hall–Kier alpha value is -0.910. The highest BCUT2D eigenvalue weighted by Gasteiger charge is 2.16. The number of carboxylic acid groups (broad SMARTS) is 1. The van der Waals surface area contributed by atoms with Crippen LogP contribution >= 0.6 is 11.3 Å². The van der Waals surface area contributed by atoms with Crippen LogP contribution < -0.4 is 10.6 Å². The van der Waals surface area contributed by atoms with E-state index in [0.29, 0.717) is 0 Å². The zero-order valence-electron chi connectivity index (χ0n) is 11.2. The summed E-state index contributed by atoms with van der Waals surface area (Å²) in [6.07, 6.45) is 0.121. The van der Waals surface area contributed by atoms with E-state index in [0.717, 1.165) is 18.0 Å². The van der Waals surface area contributed by atoms with Gasteiger partial charge >= 0.3 is 5.97 Å². The molecule has 1 aromatic rings. The van der Waals surface area contributed by atoms with Gasteiger partial charge in [0.05, 0.1) is 12.5 Å². The van der Waals surface area contributed by atoms with Crippen molar-refractivity contribution >= 4 is 17.3 Å². The molecule has 1 unspecified atom stereocenters. The SMILES string of the molecule is CC(C)(C)NCCNC(CC(=O)O)c1cccs1. The first-order chi connectivity index (χ1) is 8.38. The topological polar surface area (TPSA) is 61.4 Å². The summed E-state index contributed by atoms with van der Waals surface area (Å²) in [4.78, 5) is 11.9. The minimum Gasteiger partial charge on any atom is -0.481 e. The molecule has 1 rings (SSSR count). The Morgan fingerprint density at radius 2 is 2.17 bits per heavy atom. The molecule has 1 atom stereocenters. The predicted octanol–water partition coefficient (Wildman–Crippen LogP) is 2.24. The summed E-state index contributed by atoms with van der Waals surface area (Å²) in [6.45, 7) is 7.92. The summed E-state index contributed by atoms with van der Waals surface area (Å²) in [6, 6.07) is 3.83. The third-order valence-corrected chi connectivity index (χ3v) is 3.42. The molecule has 4 nitrogen and oxygen atoms in total. The second kappa shape index (κ2) is 6.87. The van der Waals surface area contributed by atoms with Crippen LogP contribution in [0.25, 0.3) is 0 Å². The van der Waals surface area contributed by atoms with Crippen LogP contribution in [-0.4, -0.2) is 29.7 Å². The van der Waals surface area contributed by atoms with Crippen molar-refractivity contribution in [2.45, 2.75) is 38.8 Å². The zero-order chi connectivity index (χ0) is 13.6. The maximum atomic E-state index is 10.8. The maximum absolute atomic E-state index is 10.8. The van der Waals surface area contributed by atoms with Crippen molar-refractivity contribution in [3.8, 4) is 0 Å². The monoisotopic (exact) mass is 270 g/mol. The lowest BCUT2D eigenvalue weighted by Crippen LogP contribution is -2.40. The fourth-order valence-electron chi connectivity index (χ4n) is 1.62. The van der Waals surface area contributed by atoms with Crippen molar-refractivity contribution in [1.82, 2.24) is 10.6 Å². The number of rotatable bonds is 7. The van der Waals surface area contributed by atoms with E-state index >= 15 is 0 Å². The molecule has 0 fully saturated rings. The van der Waals surface area contributed by atoms with Gasteiger partial charge in [-0.1, -0.05) is 6.07 Å². The van der Waals surface area contributed by atoms with Crippen LogP contribution in [0.15, 0.2) is 17.5 Å². The molecule has 0 aliphatic rings. The van der Waals surface area contributed by atoms with Gasteiger partial charge in [-0.2, -0.15) is 0 Å². The van der Waals surface area contributed by atoms with Crippen LogP contribution in [0, 0.1) is 0 Å². The number of hydrogen-bond acceptors (Lipinski definition) is 4. The predicted molar refractivity (Wildman–Crippen MR) is 75.1 cm³/mol. The third kappa shape index (κ3) is 6.14. The number of thiophene rings is 1. The average Bonchev–Trinajstić information content (AvgIpc) is 2.73. The van der Waals surface area contributed by atoms with E-state index in [-0.39, 0.29) is 18.0 Å². The molecule has 1 aromatic heterocycles. The van der Waals surface area contributed by atoms with Crippen LogP contribution in [0.3, 0.4) is 0 Å². The normalized spacial score (nSPS) is 13.5. The van der Waals surface area contributed by atoms with Gasteiger partial charge in [0, 0.05) is 23.5 Å². The van der Waals surface area contributed by atoms with Crippen molar-refractivity contribution < 1.29 is 9.90 Å². The van der Waals surface area contributed by atoms with E-state index in [2.05, 4.69) is 31.4 Å². The molecule has 0 bridgehead atoms. The largest absolute Gasteiger partial charge is 0.481 e. The molecule has 102 valence electrons. The highest BCUT2D eigenvalue weighted by atomic mass is 32.1. The highest BCUT2D eigenvalue weighted by molar-refractivity contribution is 7.10. The number of nitrogens with one attached hydrogen (secondary N) is 2. The van der Waals surface area contributed by atoms with E-state index in [1.807, 2.05) is 17.5 Å². The molecule has 0 aliphatic heterocycles. The number of hydrogen-bond donors (Lipinski definition) is 3. The van der Waals surface area contributed by atoms with Gasteiger partial charge in [0.1, 0.15) is 0 Å². The Morgan fingerprint density at radius 3 is 2.67 bits per heavy atom. The van der Waals surface area contributed by atoms with Crippen molar-refractivity contribution in [2.24, 2.45) is 0 Å². The molecule has 0 saturated carbocycles. The fourth-order valence-corrected chi connectivity index (χ4v) is 2.42. The zero-order valence-corrected chi connectivity index (χ0v) is 12.0. The first-order valence-electron chi connectivity index (χ1n) is 6.12. The van der Waals surface area contributed by atoms with Gasteiger partial charge in [-0.25, -0.2) is 0 Å². The van der Waals surface area contributed by atoms with Crippen LogP contribution in [-0.2, 0) is 4.79 Å². The Balaban J connectivity index is 2.41. The number of aliphatic carboxylic acids is 1. The fraction of sp³-hybridized carbons (Fsp3) is 0.615. The Bertz CT molecular complexity index is 358. The average molecular weight is 270 g/mol. The molecule has 0 aliphatic carbocycles. The molecule has 0 spiro atoms. The summed E-state index contributed by atoms with van der Waals surface area (Å²) in [5, 5.41) is 17.6. The quantitative estimate of drug-likeness (QED) is 0.665. The molecule has 18 heavy (non-hydrogen) atoms. The summed E-state index contributed by atoms with van der Waals surface area (Å²) < 4.78 is 0. The van der Waals surface area contributed by atoms with E-state index < -0.39 is 5.97 Å². The lowest BCUT2D eigenvalue weighted by molar-refractivity contribution is -0.137. The van der Waals surface area contributed by atoms with Crippen molar-refractivity contribution in [3.05, 3.63) is 22.4 Å². The molecule has 5 heteroatoms. The Morgan fingerprint density at radius 1 is 1.44 bits per heavy atom. The van der Waals surface area contributed by atoms with Gasteiger partial charge in [-0.15, -0.1) is 11.3 Å². The molecule has 0 saturated heterocycles. The maximum Gasteiger partial charge on any atom is 0.305 e. The summed E-state index contributed by atoms with van der Waals surface area (Å²) in [5.74, 6) is -0.773. The van der Waals surface area contributed by atoms with Gasteiger partial charge in [0.25, 0.3) is 0 Å². The van der Waals surface area contributed by atoms with E-state index in [4.69, 9.17) is 5.11 Å². The molecular weight excluding hydrogens is 248 g/mol. The lowest BCUT2D eigenvalue weighted by Gasteiger charge is -2.22. The second-order valence-electron chi connectivity index (χ2n) is 5.30. The van der Waals surface area contributed by atoms with Gasteiger partial charge < -0.3 is 15.7 Å². The van der Waals surface area contributed by atoms with Gasteiger partial charge in [-0.05, 0) is 32.2 Å². The molecule has 0 radical (unpaired) electrons. The number of carboxylic acids is 1. The van der Waals surface area contributed by atoms with Gasteiger partial charge in [-0.3, -0.25) is 4.79 Å². The highest BCUT2D eigenvalue weighted by Crippen LogP contribution is 2.21. The van der Waals surface area contributed by atoms with E-state index in [9.17, 15) is 4.79 Å². The molecule has 3 N–H and O–H groups in total. The standard InChI is InChI=1S/C13H22N2O2S/c1-13(2,3)15-7-6-14-10(9-12(16)17)11-5-4-8-18-11/h4-5,8,10,14-15H,6-7,9H2,1-3H3,(H,16,17). The molecule has 0 amide bonds. The van der Waals surface area contributed by atoms with Crippen LogP contribution in [0.1, 0.15) is 38.1 Å². The first kappa shape index (κ1) is 15.1. The van der Waals surface area contributed by atoms with E-state index in [1.165, 1.54) is 0 Å². The molecular formula is C13H22N2O2S. The van der Waals surface area contributed by atoms with Gasteiger partial charge in [0.15, 0.2) is 0 Å². The summed E-state index contributed by atoms with van der Waals surface area (Å²) in [5.41, 5.74) is 0.0902. The van der Waals surface area contributed by atoms with Crippen molar-refractivity contribution in [3.63, 3.8) is 0 Å². The smallest absolute Gasteiger partial charge is 0.305 e. The van der Waals surface area contributed by atoms with E-state index in [1.54, 1.807) is 11.3 Å². The van der Waals surface area contributed by atoms with Crippen molar-refractivity contribution in [2.75, 3.05) is 13.1 Å². The van der Waals surface area contributed by atoms with Crippen LogP contribution in [0.4, 0.5) is 0 Å².